The molecule has 0 saturated carbocycles. The van der Waals surface area contributed by atoms with Crippen LogP contribution < -0.4 is 5.32 Å². The lowest BCUT2D eigenvalue weighted by Gasteiger charge is -2.11. The van der Waals surface area contributed by atoms with Gasteiger partial charge in [-0.3, -0.25) is 0 Å². The number of nitrogens with zero attached hydrogens (tertiary/aromatic N) is 4. The van der Waals surface area contributed by atoms with Gasteiger partial charge in [-0.05, 0) is 18.2 Å². The minimum absolute atomic E-state index is 0.252. The Balaban J connectivity index is 1.84. The highest BCUT2D eigenvalue weighted by Gasteiger charge is 2.12. The number of hydrogen-bond donors (Lipinski definition) is 1. The van der Waals surface area contributed by atoms with Gasteiger partial charge in [0, 0.05) is 18.8 Å². The molecule has 7 heteroatoms. The fourth-order valence-corrected chi connectivity index (χ4v) is 1.96. The molecule has 2 aromatic heterocycles. The summed E-state index contributed by atoms with van der Waals surface area (Å²) < 4.78 is 20.7. The van der Waals surface area contributed by atoms with Crippen molar-refractivity contribution in [3.63, 3.8) is 0 Å². The molecule has 0 unspecified atom stereocenters. The van der Waals surface area contributed by atoms with Crippen molar-refractivity contribution in [2.24, 2.45) is 0 Å². The van der Waals surface area contributed by atoms with Crippen LogP contribution in [-0.4, -0.2) is 19.9 Å². The van der Waals surface area contributed by atoms with Crippen LogP contribution in [0.5, 0.6) is 0 Å². The summed E-state index contributed by atoms with van der Waals surface area (Å²) in [5.41, 5.74) is 0.965. The number of aryl methyl sites for hydroxylation is 1. The van der Waals surface area contributed by atoms with E-state index in [1.54, 1.807) is 35.3 Å². The number of rotatable bonds is 5. The number of aromatic nitrogens is 4. The van der Waals surface area contributed by atoms with E-state index in [1.165, 1.54) is 6.07 Å². The summed E-state index contributed by atoms with van der Waals surface area (Å²) in [6.45, 7) is 2.19. The van der Waals surface area contributed by atoms with Gasteiger partial charge in [-0.1, -0.05) is 18.1 Å². The van der Waals surface area contributed by atoms with Crippen LogP contribution in [0, 0.1) is 5.82 Å². The summed E-state index contributed by atoms with van der Waals surface area (Å²) >= 11 is 0. The van der Waals surface area contributed by atoms with Gasteiger partial charge < -0.3 is 9.84 Å². The second kappa shape index (κ2) is 5.74. The predicted octanol–water partition coefficient (Wildman–Crippen LogP) is 2.57. The number of benzene rings is 1. The van der Waals surface area contributed by atoms with Crippen molar-refractivity contribution in [1.82, 2.24) is 19.9 Å². The molecule has 0 fully saturated rings. The number of anilines is 1. The second-order valence-corrected chi connectivity index (χ2v) is 4.40. The van der Waals surface area contributed by atoms with Crippen molar-refractivity contribution in [1.29, 1.82) is 0 Å². The van der Waals surface area contributed by atoms with Gasteiger partial charge in [-0.2, -0.15) is 10.1 Å². The Hall–Kier alpha value is -2.70. The van der Waals surface area contributed by atoms with E-state index in [1.807, 2.05) is 6.92 Å². The minimum atomic E-state index is -0.363. The fraction of sp³-hybridized carbons (Fsp3) is 0.214. The average molecular weight is 287 g/mol. The topological polar surface area (TPSA) is 68.8 Å². The van der Waals surface area contributed by atoms with Crippen LogP contribution in [0.1, 0.15) is 18.6 Å². The third kappa shape index (κ3) is 2.76. The molecule has 0 aliphatic heterocycles. The Morgan fingerprint density at radius 2 is 2.24 bits per heavy atom. The molecular weight excluding hydrogens is 273 g/mol. The lowest BCUT2D eigenvalue weighted by Crippen LogP contribution is -2.07. The molecule has 0 saturated heterocycles. The maximum Gasteiger partial charge on any atom is 0.245 e. The predicted molar refractivity (Wildman–Crippen MR) is 74.5 cm³/mol. The van der Waals surface area contributed by atoms with Crippen molar-refractivity contribution in [3.8, 4) is 5.69 Å². The van der Waals surface area contributed by atoms with Gasteiger partial charge in [0.15, 0.2) is 5.82 Å². The van der Waals surface area contributed by atoms with Gasteiger partial charge in [0.25, 0.3) is 0 Å². The molecule has 0 aliphatic rings. The van der Waals surface area contributed by atoms with Crippen LogP contribution in [-0.2, 0) is 13.0 Å². The maximum atomic E-state index is 14.0. The van der Waals surface area contributed by atoms with E-state index in [0.717, 1.165) is 0 Å². The summed E-state index contributed by atoms with van der Waals surface area (Å²) in [7, 11) is 0. The zero-order valence-corrected chi connectivity index (χ0v) is 11.5. The first-order valence-corrected chi connectivity index (χ1v) is 6.61. The van der Waals surface area contributed by atoms with E-state index in [0.29, 0.717) is 29.5 Å². The van der Waals surface area contributed by atoms with Crippen molar-refractivity contribution in [3.05, 3.63) is 54.2 Å². The van der Waals surface area contributed by atoms with Gasteiger partial charge in [0.05, 0.1) is 17.9 Å². The molecule has 0 bridgehead atoms. The molecule has 108 valence electrons. The Bertz CT molecular complexity index is 723. The number of hydrogen-bond acceptors (Lipinski definition) is 5. The van der Waals surface area contributed by atoms with Gasteiger partial charge in [0.2, 0.25) is 5.89 Å². The van der Waals surface area contributed by atoms with Crippen molar-refractivity contribution in [2.75, 3.05) is 5.32 Å². The lowest BCUT2D eigenvalue weighted by atomic mass is 10.2. The highest BCUT2D eigenvalue weighted by molar-refractivity contribution is 5.61. The van der Waals surface area contributed by atoms with E-state index in [4.69, 9.17) is 4.52 Å². The molecule has 21 heavy (non-hydrogen) atoms. The standard InChI is InChI=1S/C14H14FN5O/c1-2-12-18-13(21-19-12)9-16-14-10(15)5-3-6-11(14)20-8-4-7-17-20/h3-8,16H,2,9H2,1H3. The average Bonchev–Trinajstić information content (AvgIpc) is 3.17. The molecular formula is C14H14FN5O. The summed E-state index contributed by atoms with van der Waals surface area (Å²) in [5.74, 6) is 0.687. The first kappa shape index (κ1) is 13.3. The van der Waals surface area contributed by atoms with E-state index in [2.05, 4.69) is 20.6 Å². The second-order valence-electron chi connectivity index (χ2n) is 4.40. The van der Waals surface area contributed by atoms with Crippen LogP contribution >= 0.6 is 0 Å². The Labute approximate surface area is 120 Å². The highest BCUT2D eigenvalue weighted by Crippen LogP contribution is 2.23. The summed E-state index contributed by atoms with van der Waals surface area (Å²) in [5, 5.41) is 10.9. The van der Waals surface area contributed by atoms with Crippen molar-refractivity contribution >= 4 is 5.69 Å². The van der Waals surface area contributed by atoms with E-state index in [-0.39, 0.29) is 12.4 Å². The maximum absolute atomic E-state index is 14.0. The first-order chi connectivity index (χ1) is 10.3. The monoisotopic (exact) mass is 287 g/mol. The molecule has 1 aromatic carbocycles. The largest absolute Gasteiger partial charge is 0.372 e. The molecule has 0 radical (unpaired) electrons. The number of nitrogens with one attached hydrogen (secondary N) is 1. The fourth-order valence-electron chi connectivity index (χ4n) is 1.96. The van der Waals surface area contributed by atoms with Gasteiger partial charge in [-0.15, -0.1) is 0 Å². The van der Waals surface area contributed by atoms with Gasteiger partial charge in [-0.25, -0.2) is 9.07 Å². The summed E-state index contributed by atoms with van der Waals surface area (Å²) in [6.07, 6.45) is 4.09. The van der Waals surface area contributed by atoms with Gasteiger partial charge >= 0.3 is 0 Å². The molecule has 3 aromatic rings. The molecule has 6 nitrogen and oxygen atoms in total. The van der Waals surface area contributed by atoms with E-state index >= 15 is 0 Å². The van der Waals surface area contributed by atoms with Crippen LogP contribution in [0.25, 0.3) is 5.69 Å². The highest BCUT2D eigenvalue weighted by atomic mass is 19.1. The third-order valence-electron chi connectivity index (χ3n) is 2.99. The Kier molecular flexibility index (Phi) is 3.63. The SMILES string of the molecule is CCc1noc(CNc2c(F)cccc2-n2cccn2)n1. The van der Waals surface area contributed by atoms with E-state index < -0.39 is 0 Å². The first-order valence-electron chi connectivity index (χ1n) is 6.61. The zero-order valence-electron chi connectivity index (χ0n) is 11.5. The smallest absolute Gasteiger partial charge is 0.245 e. The summed E-state index contributed by atoms with van der Waals surface area (Å²) in [6, 6.07) is 6.59. The Morgan fingerprint density at radius 1 is 1.33 bits per heavy atom. The van der Waals surface area contributed by atoms with Gasteiger partial charge in [0.1, 0.15) is 5.82 Å². The minimum Gasteiger partial charge on any atom is -0.372 e. The normalized spacial score (nSPS) is 10.8. The molecule has 3 rings (SSSR count). The quantitative estimate of drug-likeness (QED) is 0.781. The van der Waals surface area contributed by atoms with Crippen LogP contribution in [0.15, 0.2) is 41.2 Å². The lowest BCUT2D eigenvalue weighted by molar-refractivity contribution is 0.378. The van der Waals surface area contributed by atoms with Crippen LogP contribution in [0.4, 0.5) is 10.1 Å². The van der Waals surface area contributed by atoms with Crippen molar-refractivity contribution < 1.29 is 8.91 Å². The zero-order chi connectivity index (χ0) is 14.7. The third-order valence-corrected chi connectivity index (χ3v) is 2.99. The van der Waals surface area contributed by atoms with Crippen LogP contribution in [0.3, 0.4) is 0 Å². The van der Waals surface area contributed by atoms with Crippen molar-refractivity contribution in [2.45, 2.75) is 19.9 Å². The number of halogens is 1. The molecule has 0 aliphatic carbocycles. The Morgan fingerprint density at radius 3 is 2.95 bits per heavy atom. The molecule has 0 amide bonds. The molecule has 0 spiro atoms. The van der Waals surface area contributed by atoms with Crippen LogP contribution in [0.2, 0.25) is 0 Å². The summed E-state index contributed by atoms with van der Waals surface area (Å²) in [4.78, 5) is 4.18. The molecule has 2 heterocycles. The molecule has 0 atom stereocenters. The number of para-hydroxylation sites is 1. The van der Waals surface area contributed by atoms with E-state index in [9.17, 15) is 4.39 Å². The molecule has 1 N–H and O–H groups in total.